The fraction of sp³-hybridized carbons (Fsp3) is 0.286. The first-order valence-corrected chi connectivity index (χ1v) is 6.12. The largest absolute Gasteiger partial charge is 0.468 e. The van der Waals surface area contributed by atoms with Gasteiger partial charge in [-0.25, -0.2) is 0 Å². The highest BCUT2D eigenvalue weighted by molar-refractivity contribution is 5.75. The second kappa shape index (κ2) is 6.15. The van der Waals surface area contributed by atoms with E-state index in [9.17, 15) is 4.79 Å². The van der Waals surface area contributed by atoms with Crippen molar-refractivity contribution in [2.45, 2.75) is 19.0 Å². The highest BCUT2D eigenvalue weighted by Crippen LogP contribution is 2.17. The molecule has 100 valence electrons. The Morgan fingerprint density at radius 2 is 2.11 bits per heavy atom. The summed E-state index contributed by atoms with van der Waals surface area (Å²) in [5, 5.41) is 4.26. The molecule has 0 aliphatic carbocycles. The number of rotatable bonds is 5. The maximum Gasteiger partial charge on any atom is 0.322 e. The van der Waals surface area contributed by atoms with E-state index in [1.165, 1.54) is 7.11 Å². The summed E-state index contributed by atoms with van der Waals surface area (Å²) in [5.74, 6) is -0.393. The lowest BCUT2D eigenvalue weighted by Crippen LogP contribution is -2.32. The fourth-order valence-electron chi connectivity index (χ4n) is 1.81. The third-order valence-electron chi connectivity index (χ3n) is 2.91. The van der Waals surface area contributed by atoms with Gasteiger partial charge in [0.1, 0.15) is 6.04 Å². The number of nitrogens with two attached hydrogens (primary N) is 1. The van der Waals surface area contributed by atoms with Crippen LogP contribution in [0.25, 0.3) is 11.1 Å². The van der Waals surface area contributed by atoms with Crippen molar-refractivity contribution in [3.63, 3.8) is 0 Å². The van der Waals surface area contributed by atoms with Gasteiger partial charge in [-0.05, 0) is 12.0 Å². The van der Waals surface area contributed by atoms with E-state index in [0.717, 1.165) is 11.1 Å². The number of esters is 1. The maximum absolute atomic E-state index is 11.2. The highest BCUT2D eigenvalue weighted by Gasteiger charge is 2.13. The summed E-state index contributed by atoms with van der Waals surface area (Å²) in [6.45, 7) is 0.586. The van der Waals surface area contributed by atoms with Crippen LogP contribution < -0.4 is 5.73 Å². The maximum atomic E-state index is 11.2. The van der Waals surface area contributed by atoms with Crippen molar-refractivity contribution in [3.8, 4) is 11.1 Å². The van der Waals surface area contributed by atoms with Crippen LogP contribution >= 0.6 is 0 Å². The van der Waals surface area contributed by atoms with Crippen molar-refractivity contribution in [1.29, 1.82) is 0 Å². The van der Waals surface area contributed by atoms with Crippen LogP contribution in [0.2, 0.25) is 0 Å². The summed E-state index contributed by atoms with van der Waals surface area (Å²) in [6.07, 6.45) is 4.25. The van der Waals surface area contributed by atoms with Crippen LogP contribution in [-0.2, 0) is 16.1 Å². The van der Waals surface area contributed by atoms with Gasteiger partial charge in [0, 0.05) is 18.3 Å². The lowest BCUT2D eigenvalue weighted by atomic mass is 10.1. The molecule has 0 saturated heterocycles. The quantitative estimate of drug-likeness (QED) is 0.825. The molecule has 0 bridgehead atoms. The molecule has 0 amide bonds. The van der Waals surface area contributed by atoms with Crippen molar-refractivity contribution in [1.82, 2.24) is 9.78 Å². The molecule has 5 nitrogen and oxygen atoms in total. The molecule has 5 heteroatoms. The molecule has 0 radical (unpaired) electrons. The smallest absolute Gasteiger partial charge is 0.322 e. The van der Waals surface area contributed by atoms with Crippen LogP contribution in [0.4, 0.5) is 0 Å². The molecule has 2 N–H and O–H groups in total. The molecule has 0 fully saturated rings. The van der Waals surface area contributed by atoms with E-state index < -0.39 is 12.0 Å². The summed E-state index contributed by atoms with van der Waals surface area (Å²) in [4.78, 5) is 11.2. The van der Waals surface area contributed by atoms with Gasteiger partial charge in [-0.2, -0.15) is 5.10 Å². The van der Waals surface area contributed by atoms with Crippen LogP contribution in [-0.4, -0.2) is 28.9 Å². The number of benzene rings is 1. The Morgan fingerprint density at radius 3 is 2.79 bits per heavy atom. The minimum absolute atomic E-state index is 0.393. The van der Waals surface area contributed by atoms with Crippen molar-refractivity contribution >= 4 is 5.97 Å². The molecule has 0 saturated carbocycles. The summed E-state index contributed by atoms with van der Waals surface area (Å²) in [6, 6.07) is 9.40. The minimum atomic E-state index is -0.602. The number of aromatic nitrogens is 2. The molecule has 1 unspecified atom stereocenters. The second-order valence-corrected chi connectivity index (χ2v) is 4.28. The third kappa shape index (κ3) is 3.42. The second-order valence-electron chi connectivity index (χ2n) is 4.28. The average Bonchev–Trinajstić information content (AvgIpc) is 2.93. The van der Waals surface area contributed by atoms with Crippen LogP contribution in [0.15, 0.2) is 42.7 Å². The van der Waals surface area contributed by atoms with E-state index in [-0.39, 0.29) is 0 Å². The minimum Gasteiger partial charge on any atom is -0.468 e. The van der Waals surface area contributed by atoms with Crippen molar-refractivity contribution < 1.29 is 9.53 Å². The number of hydrogen-bond donors (Lipinski definition) is 1. The van der Waals surface area contributed by atoms with Crippen LogP contribution in [0, 0.1) is 0 Å². The monoisotopic (exact) mass is 259 g/mol. The first-order chi connectivity index (χ1) is 9.20. The zero-order valence-electron chi connectivity index (χ0n) is 10.8. The Labute approximate surface area is 112 Å². The number of ether oxygens (including phenoxy) is 1. The Hall–Kier alpha value is -2.14. The first kappa shape index (κ1) is 13.3. The van der Waals surface area contributed by atoms with Gasteiger partial charge < -0.3 is 10.5 Å². The molecule has 1 heterocycles. The zero-order valence-corrected chi connectivity index (χ0v) is 10.8. The summed E-state index contributed by atoms with van der Waals surface area (Å²) < 4.78 is 6.36. The van der Waals surface area contributed by atoms with E-state index in [2.05, 4.69) is 9.84 Å². The van der Waals surface area contributed by atoms with E-state index in [4.69, 9.17) is 5.73 Å². The number of aryl methyl sites for hydroxylation is 1. The molecular formula is C14H17N3O2. The van der Waals surface area contributed by atoms with Gasteiger partial charge >= 0.3 is 5.97 Å². The molecule has 1 aromatic heterocycles. The van der Waals surface area contributed by atoms with E-state index >= 15 is 0 Å². The fourth-order valence-corrected chi connectivity index (χ4v) is 1.81. The van der Waals surface area contributed by atoms with Crippen molar-refractivity contribution in [3.05, 3.63) is 42.7 Å². The number of nitrogens with zero attached hydrogens (tertiary/aromatic N) is 2. The van der Waals surface area contributed by atoms with Gasteiger partial charge in [-0.1, -0.05) is 30.3 Å². The number of hydrogen-bond acceptors (Lipinski definition) is 4. The molecule has 2 aromatic rings. The van der Waals surface area contributed by atoms with Gasteiger partial charge in [0.2, 0.25) is 0 Å². The van der Waals surface area contributed by atoms with Gasteiger partial charge in [-0.15, -0.1) is 0 Å². The molecule has 0 spiro atoms. The van der Waals surface area contributed by atoms with Crippen molar-refractivity contribution in [2.75, 3.05) is 7.11 Å². The Morgan fingerprint density at radius 1 is 1.37 bits per heavy atom. The number of methoxy groups -OCH3 is 1. The molecule has 1 aromatic carbocycles. The predicted octanol–water partition coefficient (Wildman–Crippen LogP) is 1.44. The third-order valence-corrected chi connectivity index (χ3v) is 2.91. The van der Waals surface area contributed by atoms with Crippen LogP contribution in [0.1, 0.15) is 6.42 Å². The van der Waals surface area contributed by atoms with E-state index in [0.29, 0.717) is 13.0 Å². The van der Waals surface area contributed by atoms with E-state index in [1.54, 1.807) is 10.9 Å². The van der Waals surface area contributed by atoms with Crippen LogP contribution in [0.3, 0.4) is 0 Å². The topological polar surface area (TPSA) is 70.1 Å². The molecule has 1 atom stereocenters. The van der Waals surface area contributed by atoms with E-state index in [1.807, 2.05) is 36.5 Å². The molecule has 19 heavy (non-hydrogen) atoms. The summed E-state index contributed by atoms with van der Waals surface area (Å²) >= 11 is 0. The lowest BCUT2D eigenvalue weighted by Gasteiger charge is -2.08. The summed E-state index contributed by atoms with van der Waals surface area (Å²) in [5.41, 5.74) is 7.84. The predicted molar refractivity (Wildman–Crippen MR) is 72.3 cm³/mol. The lowest BCUT2D eigenvalue weighted by molar-refractivity contribution is -0.142. The summed E-state index contributed by atoms with van der Waals surface area (Å²) in [7, 11) is 1.34. The van der Waals surface area contributed by atoms with Gasteiger partial charge in [-0.3, -0.25) is 9.48 Å². The first-order valence-electron chi connectivity index (χ1n) is 6.12. The SMILES string of the molecule is COC(=O)C(N)CCn1cc(-c2ccccc2)cn1. The van der Waals surface area contributed by atoms with Gasteiger partial charge in [0.25, 0.3) is 0 Å². The average molecular weight is 259 g/mol. The van der Waals surface area contributed by atoms with Gasteiger partial charge in [0.05, 0.1) is 13.3 Å². The Balaban J connectivity index is 1.97. The molecule has 2 rings (SSSR count). The molecule has 0 aliphatic rings. The molecule has 0 aliphatic heterocycles. The zero-order chi connectivity index (χ0) is 13.7. The molecular weight excluding hydrogens is 242 g/mol. The highest BCUT2D eigenvalue weighted by atomic mass is 16.5. The normalized spacial score (nSPS) is 12.1. The van der Waals surface area contributed by atoms with Crippen molar-refractivity contribution in [2.24, 2.45) is 5.73 Å². The number of carbonyl (C=O) groups excluding carboxylic acids is 1. The van der Waals surface area contributed by atoms with Crippen LogP contribution in [0.5, 0.6) is 0 Å². The Bertz CT molecular complexity index is 537. The number of carbonyl (C=O) groups is 1. The standard InChI is InChI=1S/C14H17N3O2/c1-19-14(18)13(15)7-8-17-10-12(9-16-17)11-5-3-2-4-6-11/h2-6,9-10,13H,7-8,15H2,1H3. The van der Waals surface area contributed by atoms with Gasteiger partial charge in [0.15, 0.2) is 0 Å². The Kier molecular flexibility index (Phi) is 4.30.